The normalized spacial score (nSPS) is 17.8. The van der Waals surface area contributed by atoms with Gasteiger partial charge < -0.3 is 10.2 Å². The van der Waals surface area contributed by atoms with Crippen LogP contribution in [0.5, 0.6) is 0 Å². The number of nitrogens with zero attached hydrogens (tertiary/aromatic N) is 4. The topological polar surface area (TPSA) is 91.5 Å². The van der Waals surface area contributed by atoms with Gasteiger partial charge in [-0.15, -0.1) is 5.10 Å². The molecule has 0 bridgehead atoms. The van der Waals surface area contributed by atoms with Gasteiger partial charge in [0.25, 0.3) is 0 Å². The van der Waals surface area contributed by atoms with E-state index in [9.17, 15) is 13.2 Å². The highest BCUT2D eigenvalue weighted by molar-refractivity contribution is 5.73. The monoisotopic (exact) mass is 440 g/mol. The molecule has 7 nitrogen and oxygen atoms in total. The smallest absolute Gasteiger partial charge is 0.475 e. The van der Waals surface area contributed by atoms with Crippen LogP contribution in [0, 0.1) is 0 Å². The predicted molar refractivity (Wildman–Crippen MR) is 107 cm³/mol. The molecule has 0 unspecified atom stereocenters. The number of aliphatic hydroxyl groups is 1. The van der Waals surface area contributed by atoms with Crippen molar-refractivity contribution in [2.45, 2.75) is 56.8 Å². The number of hydrogen-bond acceptors (Lipinski definition) is 5. The number of halogens is 3. The summed E-state index contributed by atoms with van der Waals surface area (Å²) in [6.45, 7) is 2.51. The van der Waals surface area contributed by atoms with Crippen molar-refractivity contribution in [3.63, 3.8) is 0 Å². The number of hydrogen-bond donors (Lipinski definition) is 2. The first-order valence-corrected chi connectivity index (χ1v) is 10.4. The molecular formula is C21H27F3N4O3. The number of alkyl halides is 3. The Balaban J connectivity index is 0.000000339. The minimum absolute atomic E-state index is 0.217. The van der Waals surface area contributed by atoms with Gasteiger partial charge in [-0.05, 0) is 49.7 Å². The van der Waals surface area contributed by atoms with E-state index >= 15 is 0 Å². The van der Waals surface area contributed by atoms with E-state index in [2.05, 4.69) is 45.7 Å². The van der Waals surface area contributed by atoms with Crippen LogP contribution in [-0.2, 0) is 24.1 Å². The van der Waals surface area contributed by atoms with Gasteiger partial charge in [0.15, 0.2) is 0 Å². The number of aryl methyl sites for hydroxylation is 1. The molecule has 0 atom stereocenters. The summed E-state index contributed by atoms with van der Waals surface area (Å²) in [5, 5.41) is 24.6. The molecule has 0 saturated carbocycles. The van der Waals surface area contributed by atoms with Gasteiger partial charge in [0.1, 0.15) is 0 Å². The van der Waals surface area contributed by atoms with E-state index in [0.29, 0.717) is 12.1 Å². The number of aliphatic hydroxyl groups excluding tert-OH is 1. The Bertz CT molecular complexity index is 839. The largest absolute Gasteiger partial charge is 0.490 e. The minimum Gasteiger partial charge on any atom is -0.475 e. The molecule has 31 heavy (non-hydrogen) atoms. The van der Waals surface area contributed by atoms with E-state index in [4.69, 9.17) is 15.0 Å². The number of carboxylic acids is 1. The Morgan fingerprint density at radius 2 is 1.68 bits per heavy atom. The van der Waals surface area contributed by atoms with E-state index in [-0.39, 0.29) is 6.61 Å². The number of piperidine rings is 1. The molecule has 10 heteroatoms. The molecule has 2 aromatic rings. The summed E-state index contributed by atoms with van der Waals surface area (Å²) < 4.78 is 33.8. The molecule has 1 aliphatic heterocycles. The summed E-state index contributed by atoms with van der Waals surface area (Å²) in [4.78, 5) is 11.6. The van der Waals surface area contributed by atoms with Crippen LogP contribution >= 0.6 is 0 Å². The Hall–Kier alpha value is -2.46. The molecule has 0 amide bonds. The van der Waals surface area contributed by atoms with Crippen LogP contribution in [0.3, 0.4) is 0 Å². The Labute approximate surface area is 178 Å². The van der Waals surface area contributed by atoms with Crippen molar-refractivity contribution in [1.82, 2.24) is 19.9 Å². The first-order chi connectivity index (χ1) is 14.8. The van der Waals surface area contributed by atoms with Gasteiger partial charge in [-0.3, -0.25) is 4.90 Å². The highest BCUT2D eigenvalue weighted by atomic mass is 19.4. The summed E-state index contributed by atoms with van der Waals surface area (Å²) in [7, 11) is 0. The summed E-state index contributed by atoms with van der Waals surface area (Å²) in [6, 6.07) is 10.0. The molecule has 2 aliphatic rings. The number of rotatable bonds is 5. The van der Waals surface area contributed by atoms with Gasteiger partial charge in [-0.2, -0.15) is 13.2 Å². The Morgan fingerprint density at radius 3 is 2.19 bits per heavy atom. The Kier molecular flexibility index (Phi) is 7.66. The highest BCUT2D eigenvalue weighted by Gasteiger charge is 2.38. The molecule has 170 valence electrons. The van der Waals surface area contributed by atoms with E-state index in [1.54, 1.807) is 0 Å². The molecule has 1 aliphatic carbocycles. The SMILES string of the molecule is O=C(O)C(F)(F)F.OCCCc1cn(C2CCN(C3Cc4ccccc4C3)CC2)nn1. The average Bonchev–Trinajstić information content (AvgIpc) is 3.39. The zero-order valence-electron chi connectivity index (χ0n) is 17.1. The maximum atomic E-state index is 10.6. The second-order valence-electron chi connectivity index (χ2n) is 7.92. The van der Waals surface area contributed by atoms with Crippen LogP contribution in [0.15, 0.2) is 30.5 Å². The third-order valence-corrected chi connectivity index (χ3v) is 5.81. The second kappa shape index (κ2) is 10.2. The van der Waals surface area contributed by atoms with Gasteiger partial charge in [0, 0.05) is 31.9 Å². The van der Waals surface area contributed by atoms with Gasteiger partial charge in [0.2, 0.25) is 0 Å². The standard InChI is InChI=1S/C19H26N4O.C2HF3O2/c24-11-3-6-17-14-23(21-20-17)18-7-9-22(10-8-18)19-12-15-4-1-2-5-16(15)13-19;3-2(4,5)1(6)7/h1-2,4-5,14,18-19,24H,3,6-13H2;(H,6,7). The first kappa shape index (κ1) is 23.2. The fourth-order valence-corrected chi connectivity index (χ4v) is 4.18. The molecule has 0 spiro atoms. The molecule has 1 fully saturated rings. The molecule has 1 aromatic heterocycles. The average molecular weight is 440 g/mol. The number of aliphatic carboxylic acids is 1. The lowest BCUT2D eigenvalue weighted by Gasteiger charge is -2.35. The van der Waals surface area contributed by atoms with Crippen LogP contribution in [-0.4, -0.2) is 68.0 Å². The number of benzene rings is 1. The molecule has 1 aromatic carbocycles. The van der Waals surface area contributed by atoms with Crippen molar-refractivity contribution in [3.05, 3.63) is 47.3 Å². The summed E-state index contributed by atoms with van der Waals surface area (Å²) in [5.41, 5.74) is 4.07. The molecule has 1 saturated heterocycles. The fourth-order valence-electron chi connectivity index (χ4n) is 4.18. The van der Waals surface area contributed by atoms with Crippen molar-refractivity contribution in [3.8, 4) is 0 Å². The number of likely N-dealkylation sites (tertiary alicyclic amines) is 1. The second-order valence-corrected chi connectivity index (χ2v) is 7.92. The third kappa shape index (κ3) is 6.27. The minimum atomic E-state index is -5.08. The lowest BCUT2D eigenvalue weighted by molar-refractivity contribution is -0.192. The number of carbonyl (C=O) groups is 1. The van der Waals surface area contributed by atoms with Gasteiger partial charge in [0.05, 0.1) is 11.7 Å². The highest BCUT2D eigenvalue weighted by Crippen LogP contribution is 2.30. The summed E-state index contributed by atoms with van der Waals surface area (Å²) >= 11 is 0. The van der Waals surface area contributed by atoms with Crippen molar-refractivity contribution in [1.29, 1.82) is 0 Å². The van der Waals surface area contributed by atoms with Crippen molar-refractivity contribution >= 4 is 5.97 Å². The number of fused-ring (bicyclic) bond motifs is 1. The fraction of sp³-hybridized carbons (Fsp3) is 0.571. The summed E-state index contributed by atoms with van der Waals surface area (Å²) in [6.07, 6.45) is 3.27. The van der Waals surface area contributed by atoms with Gasteiger partial charge in [-0.25, -0.2) is 9.48 Å². The van der Waals surface area contributed by atoms with Gasteiger partial charge >= 0.3 is 12.1 Å². The van der Waals surface area contributed by atoms with E-state index in [0.717, 1.165) is 44.5 Å². The molecule has 4 rings (SSSR count). The number of aromatic nitrogens is 3. The Morgan fingerprint density at radius 1 is 1.10 bits per heavy atom. The van der Waals surface area contributed by atoms with E-state index in [1.165, 1.54) is 24.0 Å². The van der Waals surface area contributed by atoms with Crippen LogP contribution in [0.1, 0.15) is 42.1 Å². The first-order valence-electron chi connectivity index (χ1n) is 10.4. The van der Waals surface area contributed by atoms with E-state index < -0.39 is 12.1 Å². The summed E-state index contributed by atoms with van der Waals surface area (Å²) in [5.74, 6) is -2.76. The quantitative estimate of drug-likeness (QED) is 0.743. The van der Waals surface area contributed by atoms with Crippen LogP contribution in [0.25, 0.3) is 0 Å². The van der Waals surface area contributed by atoms with Crippen LogP contribution in [0.4, 0.5) is 13.2 Å². The molecule has 0 radical (unpaired) electrons. The molecule has 2 N–H and O–H groups in total. The third-order valence-electron chi connectivity index (χ3n) is 5.81. The van der Waals surface area contributed by atoms with Crippen molar-refractivity contribution in [2.75, 3.05) is 19.7 Å². The lowest BCUT2D eigenvalue weighted by Crippen LogP contribution is -2.42. The molecule has 2 heterocycles. The maximum absolute atomic E-state index is 10.6. The predicted octanol–water partition coefficient (Wildman–Crippen LogP) is 2.64. The van der Waals surface area contributed by atoms with E-state index in [1.807, 2.05) is 4.68 Å². The van der Waals surface area contributed by atoms with Crippen LogP contribution in [0.2, 0.25) is 0 Å². The van der Waals surface area contributed by atoms with Crippen molar-refractivity contribution in [2.24, 2.45) is 0 Å². The zero-order chi connectivity index (χ0) is 22.4. The zero-order valence-corrected chi connectivity index (χ0v) is 17.1. The maximum Gasteiger partial charge on any atom is 0.490 e. The van der Waals surface area contributed by atoms with Crippen molar-refractivity contribution < 1.29 is 28.2 Å². The lowest BCUT2D eigenvalue weighted by atomic mass is 10.0. The van der Waals surface area contributed by atoms with Crippen LogP contribution < -0.4 is 0 Å². The molecular weight excluding hydrogens is 413 g/mol. The van der Waals surface area contributed by atoms with Gasteiger partial charge in [-0.1, -0.05) is 29.5 Å². The number of carboxylic acid groups (broad SMARTS) is 1.